The van der Waals surface area contributed by atoms with Gasteiger partial charge in [0.1, 0.15) is 5.82 Å². The molecule has 0 atom stereocenters. The molecule has 1 aromatic carbocycles. The lowest BCUT2D eigenvalue weighted by Gasteiger charge is -2.35. The minimum absolute atomic E-state index is 0.00795. The van der Waals surface area contributed by atoms with Crippen LogP contribution < -0.4 is 19.7 Å². The summed E-state index contributed by atoms with van der Waals surface area (Å²) in [5.74, 6) is 2.53. The van der Waals surface area contributed by atoms with Gasteiger partial charge in [-0.05, 0) is 36.2 Å². The van der Waals surface area contributed by atoms with Crippen LogP contribution in [0.3, 0.4) is 0 Å². The number of aromatic nitrogens is 1. The van der Waals surface area contributed by atoms with Gasteiger partial charge < -0.3 is 24.6 Å². The highest BCUT2D eigenvalue weighted by molar-refractivity contribution is 5.74. The maximum Gasteiger partial charge on any atom is 0.317 e. The van der Waals surface area contributed by atoms with Gasteiger partial charge >= 0.3 is 6.03 Å². The summed E-state index contributed by atoms with van der Waals surface area (Å²) >= 11 is 0. The van der Waals surface area contributed by atoms with Crippen molar-refractivity contribution in [1.29, 1.82) is 0 Å². The topological polar surface area (TPSA) is 66.9 Å². The summed E-state index contributed by atoms with van der Waals surface area (Å²) < 4.78 is 10.7. The highest BCUT2D eigenvalue weighted by Crippen LogP contribution is 2.32. The van der Waals surface area contributed by atoms with E-state index in [1.54, 1.807) is 6.20 Å². The van der Waals surface area contributed by atoms with E-state index in [1.807, 2.05) is 41.3 Å². The molecule has 2 amide bonds. The molecule has 4 rings (SSSR count). The first-order valence-electron chi connectivity index (χ1n) is 8.87. The second kappa shape index (κ2) is 7.51. The van der Waals surface area contributed by atoms with Crippen molar-refractivity contribution < 1.29 is 14.3 Å². The largest absolute Gasteiger partial charge is 0.454 e. The Bertz CT molecular complexity index is 761. The van der Waals surface area contributed by atoms with Crippen LogP contribution in [0.1, 0.15) is 5.56 Å². The number of carbonyl (C=O) groups is 1. The monoisotopic (exact) mass is 354 g/mol. The minimum atomic E-state index is -0.00795. The highest BCUT2D eigenvalue weighted by atomic mass is 16.7. The molecule has 1 fully saturated rings. The summed E-state index contributed by atoms with van der Waals surface area (Å²) in [6.45, 7) is 3.87. The summed E-state index contributed by atoms with van der Waals surface area (Å²) in [5.41, 5.74) is 1.12. The second-order valence-corrected chi connectivity index (χ2v) is 6.33. The molecule has 0 bridgehead atoms. The molecule has 0 aliphatic carbocycles. The molecule has 0 unspecified atom stereocenters. The molecule has 0 radical (unpaired) electrons. The van der Waals surface area contributed by atoms with Crippen LogP contribution in [-0.2, 0) is 6.42 Å². The number of hydrogen-bond acceptors (Lipinski definition) is 5. The normalized spacial score (nSPS) is 15.8. The number of pyridine rings is 1. The van der Waals surface area contributed by atoms with E-state index in [9.17, 15) is 4.79 Å². The van der Waals surface area contributed by atoms with E-state index in [0.717, 1.165) is 42.4 Å². The molecule has 136 valence electrons. The van der Waals surface area contributed by atoms with E-state index in [-0.39, 0.29) is 12.8 Å². The van der Waals surface area contributed by atoms with E-state index < -0.39 is 0 Å². The van der Waals surface area contributed by atoms with Crippen LogP contribution >= 0.6 is 0 Å². The molecule has 1 saturated heterocycles. The summed E-state index contributed by atoms with van der Waals surface area (Å²) in [5, 5.41) is 3.00. The van der Waals surface area contributed by atoms with Crippen molar-refractivity contribution in [2.24, 2.45) is 0 Å². The van der Waals surface area contributed by atoms with E-state index in [4.69, 9.17) is 9.47 Å². The molecule has 0 saturated carbocycles. The first-order chi connectivity index (χ1) is 12.8. The van der Waals surface area contributed by atoms with Gasteiger partial charge in [0.2, 0.25) is 6.79 Å². The fraction of sp³-hybridized carbons (Fsp3) is 0.368. The van der Waals surface area contributed by atoms with Gasteiger partial charge in [0.15, 0.2) is 11.5 Å². The van der Waals surface area contributed by atoms with Gasteiger partial charge in [-0.1, -0.05) is 12.1 Å². The number of rotatable bonds is 4. The quantitative estimate of drug-likeness (QED) is 0.908. The van der Waals surface area contributed by atoms with Crippen LogP contribution in [0, 0.1) is 0 Å². The van der Waals surface area contributed by atoms with E-state index in [0.29, 0.717) is 19.6 Å². The Hall–Kier alpha value is -2.96. The van der Waals surface area contributed by atoms with Crippen LogP contribution in [0.5, 0.6) is 11.5 Å². The Kier molecular flexibility index (Phi) is 4.77. The highest BCUT2D eigenvalue weighted by Gasteiger charge is 2.21. The predicted molar refractivity (Wildman–Crippen MR) is 97.7 cm³/mol. The van der Waals surface area contributed by atoms with Crippen molar-refractivity contribution in [3.05, 3.63) is 48.2 Å². The lowest BCUT2D eigenvalue weighted by Crippen LogP contribution is -2.52. The van der Waals surface area contributed by atoms with Crippen molar-refractivity contribution in [2.45, 2.75) is 6.42 Å². The maximum absolute atomic E-state index is 12.4. The summed E-state index contributed by atoms with van der Waals surface area (Å²) in [6, 6.07) is 11.8. The average molecular weight is 354 g/mol. The van der Waals surface area contributed by atoms with Crippen LogP contribution in [-0.4, -0.2) is 55.4 Å². The Balaban J connectivity index is 1.22. The standard InChI is InChI=1S/C19H22N4O3/c24-19(21-8-6-15-4-5-16-17(13-15)26-14-25-16)23-11-9-22(10-12-23)18-3-1-2-7-20-18/h1-5,7,13H,6,8-12,14H2,(H,21,24). The van der Waals surface area contributed by atoms with Gasteiger partial charge in [-0.15, -0.1) is 0 Å². The Labute approximate surface area is 152 Å². The van der Waals surface area contributed by atoms with E-state index in [1.165, 1.54) is 0 Å². The number of nitrogens with one attached hydrogen (secondary N) is 1. The number of fused-ring (bicyclic) bond motifs is 1. The third-order valence-electron chi connectivity index (χ3n) is 4.67. The smallest absolute Gasteiger partial charge is 0.317 e. The molecule has 1 aromatic heterocycles. The van der Waals surface area contributed by atoms with Crippen LogP contribution in [0.2, 0.25) is 0 Å². The third kappa shape index (κ3) is 3.66. The number of carbonyl (C=O) groups excluding carboxylic acids is 1. The van der Waals surface area contributed by atoms with Gasteiger partial charge in [0.25, 0.3) is 0 Å². The van der Waals surface area contributed by atoms with Crippen molar-refractivity contribution >= 4 is 11.8 Å². The first kappa shape index (κ1) is 16.5. The van der Waals surface area contributed by atoms with Gasteiger partial charge in [-0.3, -0.25) is 0 Å². The number of urea groups is 1. The van der Waals surface area contributed by atoms with Crippen LogP contribution in [0.25, 0.3) is 0 Å². The zero-order chi connectivity index (χ0) is 17.8. The number of hydrogen-bond donors (Lipinski definition) is 1. The molecule has 26 heavy (non-hydrogen) atoms. The van der Waals surface area contributed by atoms with Crippen molar-refractivity contribution in [3.63, 3.8) is 0 Å². The maximum atomic E-state index is 12.4. The Morgan fingerprint density at radius 2 is 1.92 bits per heavy atom. The number of anilines is 1. The van der Waals surface area contributed by atoms with Gasteiger partial charge in [-0.2, -0.15) is 0 Å². The molecular weight excluding hydrogens is 332 g/mol. The lowest BCUT2D eigenvalue weighted by atomic mass is 10.1. The van der Waals surface area contributed by atoms with Crippen LogP contribution in [0.4, 0.5) is 10.6 Å². The van der Waals surface area contributed by atoms with Crippen LogP contribution in [0.15, 0.2) is 42.6 Å². The first-order valence-corrected chi connectivity index (χ1v) is 8.87. The molecule has 7 heteroatoms. The molecule has 1 N–H and O–H groups in total. The van der Waals surface area contributed by atoms with Crippen molar-refractivity contribution in [1.82, 2.24) is 15.2 Å². The van der Waals surface area contributed by atoms with Gasteiger partial charge in [0.05, 0.1) is 0 Å². The molecule has 3 heterocycles. The van der Waals surface area contributed by atoms with Gasteiger partial charge in [0, 0.05) is 38.9 Å². The molecular formula is C19H22N4O3. The fourth-order valence-electron chi connectivity index (χ4n) is 3.20. The second-order valence-electron chi connectivity index (χ2n) is 6.33. The Morgan fingerprint density at radius 3 is 2.73 bits per heavy atom. The SMILES string of the molecule is O=C(NCCc1ccc2c(c1)OCO2)N1CCN(c2ccccn2)CC1. The molecule has 2 aliphatic heterocycles. The minimum Gasteiger partial charge on any atom is -0.454 e. The van der Waals surface area contributed by atoms with Gasteiger partial charge in [-0.25, -0.2) is 9.78 Å². The molecule has 7 nitrogen and oxygen atoms in total. The zero-order valence-electron chi connectivity index (χ0n) is 14.6. The molecule has 0 spiro atoms. The molecule has 2 aliphatic rings. The number of piperazine rings is 1. The number of benzene rings is 1. The van der Waals surface area contributed by atoms with Crippen molar-refractivity contribution in [2.75, 3.05) is 44.4 Å². The summed E-state index contributed by atoms with van der Waals surface area (Å²) in [6.07, 6.45) is 2.56. The average Bonchev–Trinajstić information content (AvgIpc) is 3.16. The predicted octanol–water partition coefficient (Wildman–Crippen LogP) is 1.88. The number of amides is 2. The van der Waals surface area contributed by atoms with Crippen molar-refractivity contribution in [3.8, 4) is 11.5 Å². The summed E-state index contributed by atoms with van der Waals surface area (Å²) in [4.78, 5) is 20.8. The zero-order valence-corrected chi connectivity index (χ0v) is 14.6. The Morgan fingerprint density at radius 1 is 1.08 bits per heavy atom. The fourth-order valence-corrected chi connectivity index (χ4v) is 3.20. The third-order valence-corrected chi connectivity index (χ3v) is 4.67. The van der Waals surface area contributed by atoms with E-state index >= 15 is 0 Å². The summed E-state index contributed by atoms with van der Waals surface area (Å²) in [7, 11) is 0. The molecule has 2 aromatic rings. The van der Waals surface area contributed by atoms with E-state index in [2.05, 4.69) is 15.2 Å². The number of ether oxygens (including phenoxy) is 2. The lowest BCUT2D eigenvalue weighted by molar-refractivity contribution is 0.174. The number of nitrogens with zero attached hydrogens (tertiary/aromatic N) is 3.